The standard InChI is InChI=1S/C22H24N4O/c1-17-21(24-26(23-17)19-8-3-2-4-9-19)15-25-13-11-22(12-14-25)20-10-6-5-7-18(20)16-27-22/h2-10H,11-16H2,1H3. The van der Waals surface area contributed by atoms with E-state index in [9.17, 15) is 0 Å². The Labute approximate surface area is 159 Å². The molecule has 2 aliphatic rings. The lowest BCUT2D eigenvalue weighted by Gasteiger charge is -2.39. The van der Waals surface area contributed by atoms with E-state index in [0.29, 0.717) is 0 Å². The molecule has 0 bridgehead atoms. The molecule has 1 saturated heterocycles. The minimum atomic E-state index is -0.0796. The van der Waals surface area contributed by atoms with Gasteiger partial charge >= 0.3 is 0 Å². The predicted octanol–water partition coefficient (Wildman–Crippen LogP) is 3.60. The molecule has 1 fully saturated rings. The molecule has 5 rings (SSSR count). The third kappa shape index (κ3) is 2.97. The van der Waals surface area contributed by atoms with Gasteiger partial charge in [0.25, 0.3) is 0 Å². The van der Waals surface area contributed by atoms with Crippen LogP contribution in [0.25, 0.3) is 5.69 Å². The lowest BCUT2D eigenvalue weighted by atomic mass is 9.84. The quantitative estimate of drug-likeness (QED) is 0.716. The number of likely N-dealkylation sites (tertiary alicyclic amines) is 1. The van der Waals surface area contributed by atoms with E-state index >= 15 is 0 Å². The van der Waals surface area contributed by atoms with Gasteiger partial charge < -0.3 is 4.74 Å². The molecule has 1 aromatic heterocycles. The molecule has 0 aliphatic carbocycles. The van der Waals surface area contributed by atoms with Crippen molar-refractivity contribution in [1.29, 1.82) is 0 Å². The first-order valence-electron chi connectivity index (χ1n) is 9.66. The van der Waals surface area contributed by atoms with Crippen molar-refractivity contribution < 1.29 is 4.74 Å². The van der Waals surface area contributed by atoms with E-state index < -0.39 is 0 Å². The minimum absolute atomic E-state index is 0.0796. The zero-order valence-corrected chi connectivity index (χ0v) is 15.6. The molecule has 0 saturated carbocycles. The number of para-hydroxylation sites is 1. The number of fused-ring (bicyclic) bond motifs is 2. The topological polar surface area (TPSA) is 43.2 Å². The van der Waals surface area contributed by atoms with Gasteiger partial charge in [0.2, 0.25) is 0 Å². The normalized spacial score (nSPS) is 18.7. The van der Waals surface area contributed by atoms with Crippen LogP contribution in [0, 0.1) is 6.92 Å². The smallest absolute Gasteiger partial charge is 0.100 e. The number of piperidine rings is 1. The van der Waals surface area contributed by atoms with Crippen molar-refractivity contribution in [1.82, 2.24) is 19.9 Å². The first-order valence-corrected chi connectivity index (χ1v) is 9.66. The average Bonchev–Trinajstić information content (AvgIpc) is 3.26. The van der Waals surface area contributed by atoms with Gasteiger partial charge in [-0.1, -0.05) is 42.5 Å². The lowest BCUT2D eigenvalue weighted by molar-refractivity contribution is -0.0800. The molecular weight excluding hydrogens is 336 g/mol. The van der Waals surface area contributed by atoms with Crippen molar-refractivity contribution in [3.05, 3.63) is 77.1 Å². The molecule has 138 valence electrons. The summed E-state index contributed by atoms with van der Waals surface area (Å²) < 4.78 is 6.28. The van der Waals surface area contributed by atoms with Gasteiger partial charge in [0.15, 0.2) is 0 Å². The van der Waals surface area contributed by atoms with Crippen molar-refractivity contribution in [2.24, 2.45) is 0 Å². The van der Waals surface area contributed by atoms with Gasteiger partial charge in [-0.3, -0.25) is 4.90 Å². The number of aromatic nitrogens is 3. The van der Waals surface area contributed by atoms with Crippen LogP contribution >= 0.6 is 0 Å². The number of aryl methyl sites for hydroxylation is 1. The summed E-state index contributed by atoms with van der Waals surface area (Å²) in [6.45, 7) is 5.68. The SMILES string of the molecule is Cc1nn(-c2ccccc2)nc1CN1CCC2(CC1)OCc1ccccc12. The van der Waals surface area contributed by atoms with Gasteiger partial charge in [-0.2, -0.15) is 15.0 Å². The molecule has 27 heavy (non-hydrogen) atoms. The van der Waals surface area contributed by atoms with E-state index in [1.165, 1.54) is 11.1 Å². The van der Waals surface area contributed by atoms with Gasteiger partial charge in [-0.25, -0.2) is 0 Å². The molecule has 2 aromatic carbocycles. The Kier molecular flexibility index (Phi) is 4.06. The molecule has 0 radical (unpaired) electrons. The van der Waals surface area contributed by atoms with Gasteiger partial charge in [-0.05, 0) is 43.0 Å². The lowest BCUT2D eigenvalue weighted by Crippen LogP contribution is -2.42. The van der Waals surface area contributed by atoms with Crippen molar-refractivity contribution in [2.45, 2.75) is 38.5 Å². The second-order valence-electron chi connectivity index (χ2n) is 7.57. The van der Waals surface area contributed by atoms with Crippen LogP contribution in [-0.2, 0) is 23.5 Å². The summed E-state index contributed by atoms with van der Waals surface area (Å²) in [5, 5.41) is 9.33. The summed E-state index contributed by atoms with van der Waals surface area (Å²) in [7, 11) is 0. The van der Waals surface area contributed by atoms with Gasteiger partial charge in [0, 0.05) is 19.6 Å². The van der Waals surface area contributed by atoms with Crippen molar-refractivity contribution in [3.8, 4) is 5.69 Å². The van der Waals surface area contributed by atoms with E-state index in [0.717, 1.165) is 56.2 Å². The number of nitrogens with zero attached hydrogens (tertiary/aromatic N) is 4. The molecule has 3 aromatic rings. The van der Waals surface area contributed by atoms with Crippen LogP contribution in [0.15, 0.2) is 54.6 Å². The van der Waals surface area contributed by atoms with Crippen molar-refractivity contribution in [2.75, 3.05) is 13.1 Å². The Bertz CT molecular complexity index is 942. The van der Waals surface area contributed by atoms with Crippen LogP contribution in [0.4, 0.5) is 0 Å². The maximum absolute atomic E-state index is 6.28. The molecule has 1 spiro atoms. The van der Waals surface area contributed by atoms with Crippen LogP contribution in [0.2, 0.25) is 0 Å². The molecule has 3 heterocycles. The summed E-state index contributed by atoms with van der Waals surface area (Å²) in [6.07, 6.45) is 2.08. The maximum Gasteiger partial charge on any atom is 0.100 e. The van der Waals surface area contributed by atoms with E-state index in [1.54, 1.807) is 4.80 Å². The number of rotatable bonds is 3. The monoisotopic (exact) mass is 360 g/mol. The van der Waals surface area contributed by atoms with E-state index in [1.807, 2.05) is 37.3 Å². The number of benzene rings is 2. The molecule has 0 amide bonds. The number of hydrogen-bond donors (Lipinski definition) is 0. The minimum Gasteiger partial charge on any atom is -0.365 e. The van der Waals surface area contributed by atoms with Crippen LogP contribution < -0.4 is 0 Å². The van der Waals surface area contributed by atoms with Crippen LogP contribution in [0.1, 0.15) is 35.4 Å². The number of ether oxygens (including phenoxy) is 1. The van der Waals surface area contributed by atoms with Gasteiger partial charge in [-0.15, -0.1) is 0 Å². The molecule has 0 atom stereocenters. The van der Waals surface area contributed by atoms with E-state index in [2.05, 4.69) is 34.3 Å². The Morgan fingerprint density at radius 3 is 2.52 bits per heavy atom. The van der Waals surface area contributed by atoms with Crippen molar-refractivity contribution in [3.63, 3.8) is 0 Å². The molecule has 5 heteroatoms. The molecule has 0 N–H and O–H groups in total. The summed E-state index contributed by atoms with van der Waals surface area (Å²) in [6, 6.07) is 18.8. The zero-order valence-electron chi connectivity index (χ0n) is 15.6. The second kappa shape index (κ2) is 6.59. The van der Waals surface area contributed by atoms with Crippen LogP contribution in [-0.4, -0.2) is 33.0 Å². The highest BCUT2D eigenvalue weighted by molar-refractivity contribution is 5.36. The van der Waals surface area contributed by atoms with Gasteiger partial charge in [0.05, 0.1) is 23.6 Å². The summed E-state index contributed by atoms with van der Waals surface area (Å²) in [4.78, 5) is 4.22. The first kappa shape index (κ1) is 16.7. The summed E-state index contributed by atoms with van der Waals surface area (Å²) in [5.41, 5.74) is 5.73. The van der Waals surface area contributed by atoms with E-state index in [-0.39, 0.29) is 5.60 Å². The Hall–Kier alpha value is -2.50. The molecule has 2 aliphatic heterocycles. The Balaban J connectivity index is 1.29. The fourth-order valence-corrected chi connectivity index (χ4v) is 4.31. The summed E-state index contributed by atoms with van der Waals surface area (Å²) in [5.74, 6) is 0. The Morgan fingerprint density at radius 2 is 1.70 bits per heavy atom. The highest BCUT2D eigenvalue weighted by Gasteiger charge is 2.42. The van der Waals surface area contributed by atoms with Crippen molar-refractivity contribution >= 4 is 0 Å². The highest BCUT2D eigenvalue weighted by atomic mass is 16.5. The third-order valence-corrected chi connectivity index (χ3v) is 5.91. The van der Waals surface area contributed by atoms with Gasteiger partial charge in [0.1, 0.15) is 5.69 Å². The fourth-order valence-electron chi connectivity index (χ4n) is 4.31. The predicted molar refractivity (Wildman–Crippen MR) is 104 cm³/mol. The maximum atomic E-state index is 6.28. The molecule has 5 nitrogen and oxygen atoms in total. The van der Waals surface area contributed by atoms with Crippen LogP contribution in [0.5, 0.6) is 0 Å². The molecular formula is C22H24N4O. The fraction of sp³-hybridized carbons (Fsp3) is 0.364. The second-order valence-corrected chi connectivity index (χ2v) is 7.57. The molecule has 0 unspecified atom stereocenters. The average molecular weight is 360 g/mol. The first-order chi connectivity index (χ1) is 13.2. The third-order valence-electron chi connectivity index (χ3n) is 5.91. The van der Waals surface area contributed by atoms with E-state index in [4.69, 9.17) is 9.84 Å². The Morgan fingerprint density at radius 1 is 0.963 bits per heavy atom. The van der Waals surface area contributed by atoms with Crippen LogP contribution in [0.3, 0.4) is 0 Å². The zero-order chi connectivity index (χ0) is 18.3. The summed E-state index contributed by atoms with van der Waals surface area (Å²) >= 11 is 0. The number of hydrogen-bond acceptors (Lipinski definition) is 4. The highest BCUT2D eigenvalue weighted by Crippen LogP contribution is 2.44. The largest absolute Gasteiger partial charge is 0.365 e.